The Labute approximate surface area is 123 Å². The largest absolute Gasteiger partial charge is 0.398 e. The van der Waals surface area contributed by atoms with Crippen LogP contribution in [0.5, 0.6) is 0 Å². The maximum absolute atomic E-state index is 13.4. The van der Waals surface area contributed by atoms with Gasteiger partial charge in [-0.2, -0.15) is 0 Å². The van der Waals surface area contributed by atoms with Gasteiger partial charge in [-0.25, -0.2) is 21.6 Å². The second-order valence-electron chi connectivity index (χ2n) is 4.03. The summed E-state index contributed by atoms with van der Waals surface area (Å²) in [4.78, 5) is -0.343. The monoisotopic (exact) mass is 336 g/mol. The quantitative estimate of drug-likeness (QED) is 0.846. The molecule has 0 aromatic heterocycles. The minimum Gasteiger partial charge on any atom is -0.398 e. The van der Waals surface area contributed by atoms with Gasteiger partial charge in [-0.3, -0.25) is 4.72 Å². The summed E-state index contributed by atoms with van der Waals surface area (Å²) in [5, 5.41) is -0.0297. The van der Waals surface area contributed by atoms with Crippen molar-refractivity contribution >= 4 is 33.0 Å². The predicted molar refractivity (Wildman–Crippen MR) is 73.0 cm³/mol. The number of nitrogens with two attached hydrogens (primary N) is 1. The van der Waals surface area contributed by atoms with Gasteiger partial charge < -0.3 is 5.73 Å². The molecule has 0 atom stereocenters. The molecule has 0 aliphatic rings. The van der Waals surface area contributed by atoms with Crippen molar-refractivity contribution in [3.8, 4) is 0 Å². The highest BCUT2D eigenvalue weighted by atomic mass is 35.5. The van der Waals surface area contributed by atoms with Gasteiger partial charge in [0.05, 0.1) is 15.6 Å². The van der Waals surface area contributed by atoms with E-state index < -0.39 is 33.2 Å². The molecule has 112 valence electrons. The third-order valence-corrected chi connectivity index (χ3v) is 4.20. The first-order chi connectivity index (χ1) is 9.70. The lowest BCUT2D eigenvalue weighted by molar-refractivity contribution is 0.547. The Kier molecular flexibility index (Phi) is 4.02. The van der Waals surface area contributed by atoms with Crippen LogP contribution >= 0.6 is 11.6 Å². The molecule has 0 amide bonds. The van der Waals surface area contributed by atoms with Crippen molar-refractivity contribution in [1.82, 2.24) is 0 Å². The van der Waals surface area contributed by atoms with E-state index >= 15 is 0 Å². The van der Waals surface area contributed by atoms with Crippen molar-refractivity contribution in [3.63, 3.8) is 0 Å². The molecule has 0 radical (unpaired) electrons. The lowest BCUT2D eigenvalue weighted by Gasteiger charge is -2.10. The number of halogens is 4. The van der Waals surface area contributed by atoms with Crippen LogP contribution in [0.3, 0.4) is 0 Å². The summed E-state index contributed by atoms with van der Waals surface area (Å²) in [6.07, 6.45) is 0. The molecular formula is C12H8ClF3N2O2S. The molecule has 9 heteroatoms. The smallest absolute Gasteiger partial charge is 0.262 e. The molecule has 0 saturated heterocycles. The molecular weight excluding hydrogens is 329 g/mol. The van der Waals surface area contributed by atoms with Crippen LogP contribution in [0.4, 0.5) is 24.5 Å². The molecule has 0 spiro atoms. The molecule has 2 aromatic rings. The normalized spacial score (nSPS) is 11.4. The Morgan fingerprint density at radius 3 is 2.14 bits per heavy atom. The van der Waals surface area contributed by atoms with Crippen molar-refractivity contribution in [2.75, 3.05) is 10.5 Å². The molecule has 0 bridgehead atoms. The minimum atomic E-state index is -4.30. The Morgan fingerprint density at radius 2 is 1.62 bits per heavy atom. The zero-order chi connectivity index (χ0) is 15.8. The first-order valence-electron chi connectivity index (χ1n) is 5.43. The zero-order valence-electron chi connectivity index (χ0n) is 10.2. The summed E-state index contributed by atoms with van der Waals surface area (Å²) < 4.78 is 65.4. The lowest BCUT2D eigenvalue weighted by atomic mass is 10.3. The summed E-state index contributed by atoms with van der Waals surface area (Å²) in [6.45, 7) is 0. The van der Waals surface area contributed by atoms with Crippen LogP contribution in [0, 0.1) is 17.5 Å². The van der Waals surface area contributed by atoms with Crippen LogP contribution in [-0.4, -0.2) is 8.42 Å². The summed E-state index contributed by atoms with van der Waals surface area (Å²) in [5.74, 6) is -3.92. The summed E-state index contributed by atoms with van der Waals surface area (Å²) >= 11 is 5.69. The van der Waals surface area contributed by atoms with E-state index in [0.717, 1.165) is 12.1 Å². The predicted octanol–water partition coefficient (Wildman–Crippen LogP) is 3.14. The third-order valence-electron chi connectivity index (χ3n) is 2.53. The Balaban J connectivity index is 2.44. The first kappa shape index (κ1) is 15.5. The minimum absolute atomic E-state index is 0.0297. The molecule has 0 fully saturated rings. The second-order valence-corrected chi connectivity index (χ2v) is 6.12. The number of hydrogen-bond acceptors (Lipinski definition) is 3. The van der Waals surface area contributed by atoms with E-state index in [-0.39, 0.29) is 15.6 Å². The van der Waals surface area contributed by atoms with Gasteiger partial charge in [-0.1, -0.05) is 11.6 Å². The highest BCUT2D eigenvalue weighted by Gasteiger charge is 2.20. The van der Waals surface area contributed by atoms with Crippen LogP contribution < -0.4 is 10.5 Å². The second kappa shape index (κ2) is 5.45. The third kappa shape index (κ3) is 3.22. The van der Waals surface area contributed by atoms with E-state index in [4.69, 9.17) is 17.3 Å². The fourth-order valence-corrected chi connectivity index (χ4v) is 2.86. The molecule has 0 heterocycles. The molecule has 4 nitrogen and oxygen atoms in total. The number of rotatable bonds is 3. The fraction of sp³-hybridized carbons (Fsp3) is 0. The molecule has 0 saturated carbocycles. The van der Waals surface area contributed by atoms with Gasteiger partial charge in [-0.05, 0) is 18.2 Å². The maximum Gasteiger partial charge on any atom is 0.262 e. The highest BCUT2D eigenvalue weighted by molar-refractivity contribution is 7.92. The van der Waals surface area contributed by atoms with E-state index in [1.54, 1.807) is 4.72 Å². The van der Waals surface area contributed by atoms with Gasteiger partial charge in [0.15, 0.2) is 11.6 Å². The van der Waals surface area contributed by atoms with E-state index in [1.807, 2.05) is 0 Å². The summed E-state index contributed by atoms with van der Waals surface area (Å²) in [7, 11) is -4.30. The van der Waals surface area contributed by atoms with Crippen molar-refractivity contribution in [1.29, 1.82) is 0 Å². The van der Waals surface area contributed by atoms with Crippen LogP contribution in [0.25, 0.3) is 0 Å². The highest BCUT2D eigenvalue weighted by Crippen LogP contribution is 2.26. The van der Waals surface area contributed by atoms with Crippen LogP contribution in [-0.2, 0) is 10.0 Å². The molecule has 0 unspecified atom stereocenters. The molecule has 0 aliphatic carbocycles. The number of nitrogens with one attached hydrogen (secondary N) is 1. The van der Waals surface area contributed by atoms with E-state index in [0.29, 0.717) is 12.1 Å². The van der Waals surface area contributed by atoms with Crippen molar-refractivity contribution in [3.05, 3.63) is 52.8 Å². The van der Waals surface area contributed by atoms with E-state index in [2.05, 4.69) is 0 Å². The van der Waals surface area contributed by atoms with Gasteiger partial charge >= 0.3 is 0 Å². The first-order valence-corrected chi connectivity index (χ1v) is 7.29. The average Bonchev–Trinajstić information content (AvgIpc) is 2.37. The number of hydrogen-bond donors (Lipinski definition) is 2. The van der Waals surface area contributed by atoms with Gasteiger partial charge in [0.2, 0.25) is 0 Å². The zero-order valence-corrected chi connectivity index (χ0v) is 11.8. The van der Waals surface area contributed by atoms with Crippen LogP contribution in [0.1, 0.15) is 0 Å². The number of sulfonamides is 1. The van der Waals surface area contributed by atoms with Gasteiger partial charge in [0.25, 0.3) is 10.0 Å². The molecule has 2 aromatic carbocycles. The van der Waals surface area contributed by atoms with Crippen LogP contribution in [0.2, 0.25) is 5.02 Å². The molecule has 21 heavy (non-hydrogen) atoms. The van der Waals surface area contributed by atoms with Gasteiger partial charge in [0.1, 0.15) is 11.5 Å². The Morgan fingerprint density at radius 1 is 1.05 bits per heavy atom. The average molecular weight is 337 g/mol. The van der Waals surface area contributed by atoms with Gasteiger partial charge in [0, 0.05) is 12.1 Å². The number of nitrogen functional groups attached to an aromatic ring is 1. The van der Waals surface area contributed by atoms with E-state index in [9.17, 15) is 21.6 Å². The topological polar surface area (TPSA) is 72.2 Å². The summed E-state index contributed by atoms with van der Waals surface area (Å²) in [6, 6.07) is 4.09. The standard InChI is InChI=1S/C12H8ClF3N2O2S/c13-8-5-7(1-2-11(8)17)21(19,20)18-12-9(15)3-6(14)4-10(12)16/h1-5,18H,17H2. The summed E-state index contributed by atoms with van der Waals surface area (Å²) in [5.41, 5.74) is 4.61. The SMILES string of the molecule is Nc1ccc(S(=O)(=O)Nc2c(F)cc(F)cc2F)cc1Cl. The Bertz CT molecular complexity index is 789. The van der Waals surface area contributed by atoms with Crippen molar-refractivity contribution in [2.24, 2.45) is 0 Å². The van der Waals surface area contributed by atoms with Crippen LogP contribution in [0.15, 0.2) is 35.2 Å². The van der Waals surface area contributed by atoms with E-state index in [1.165, 1.54) is 6.07 Å². The molecule has 3 N–H and O–H groups in total. The van der Waals surface area contributed by atoms with Crippen molar-refractivity contribution in [2.45, 2.75) is 4.90 Å². The van der Waals surface area contributed by atoms with Crippen molar-refractivity contribution < 1.29 is 21.6 Å². The number of benzene rings is 2. The Hall–Kier alpha value is -1.93. The van der Waals surface area contributed by atoms with Gasteiger partial charge in [-0.15, -0.1) is 0 Å². The fourth-order valence-electron chi connectivity index (χ4n) is 1.51. The maximum atomic E-state index is 13.4. The lowest BCUT2D eigenvalue weighted by Crippen LogP contribution is -2.15. The molecule has 2 rings (SSSR count). The molecule has 0 aliphatic heterocycles. The number of anilines is 2.